The number of aliphatic carboxylic acids is 1. The average Bonchev–Trinajstić information content (AvgIpc) is 1.60. The minimum atomic E-state index is -0.916. The third kappa shape index (κ3) is 41.3. The third-order valence-corrected chi connectivity index (χ3v) is 18.5. The summed E-state index contributed by atoms with van der Waals surface area (Å²) in [5.74, 6) is 1.71. The number of carboxylic acid groups (broad SMARTS) is 1. The zero-order valence-electron chi connectivity index (χ0n) is 75.3. The van der Waals surface area contributed by atoms with Crippen LogP contribution in [0.5, 0.6) is 40.2 Å². The number of carbonyl (C=O) groups excluding carboxylic acids is 7. The van der Waals surface area contributed by atoms with Crippen LogP contribution in [0.1, 0.15) is 233 Å². The molecule has 664 valence electrons. The number of anilines is 1. The maximum atomic E-state index is 11.3. The predicted molar refractivity (Wildman–Crippen MR) is 508 cm³/mol. The van der Waals surface area contributed by atoms with E-state index in [4.69, 9.17) is 40.8 Å². The van der Waals surface area contributed by atoms with Crippen molar-refractivity contribution in [2.75, 3.05) is 18.0 Å². The highest BCUT2D eigenvalue weighted by atomic mass is 35.5. The molecule has 0 bridgehead atoms. The Morgan fingerprint density at radius 3 is 1.14 bits per heavy atom. The van der Waals surface area contributed by atoms with Gasteiger partial charge in [-0.1, -0.05) is 256 Å². The summed E-state index contributed by atoms with van der Waals surface area (Å²) in [5.41, 5.74) is 20.3. The molecular weight excluding hydrogens is 1630 g/mol. The van der Waals surface area contributed by atoms with Crippen LogP contribution in [0.15, 0.2) is 232 Å². The van der Waals surface area contributed by atoms with E-state index in [9.17, 15) is 48.6 Å². The lowest BCUT2D eigenvalue weighted by molar-refractivity contribution is -0.425. The van der Waals surface area contributed by atoms with Crippen molar-refractivity contribution in [3.8, 4) is 40.2 Å². The highest BCUT2D eigenvalue weighted by Crippen LogP contribution is 2.39. The van der Waals surface area contributed by atoms with Crippen LogP contribution in [0, 0.1) is 27.7 Å². The first kappa shape index (κ1) is 107. The molecule has 0 unspecified atom stereocenters. The van der Waals surface area contributed by atoms with Gasteiger partial charge < -0.3 is 61.4 Å². The van der Waals surface area contributed by atoms with Crippen LogP contribution in [0.4, 0.5) is 11.4 Å². The molecule has 0 atom stereocenters. The second-order valence-electron chi connectivity index (χ2n) is 30.7. The molecule has 0 saturated carbocycles. The first-order valence-corrected chi connectivity index (χ1v) is 41.5. The number of hydrogen-bond acceptors (Lipinski definition) is 16. The lowest BCUT2D eigenvalue weighted by Crippen LogP contribution is -3.00. The maximum absolute atomic E-state index is 11.3. The SMILES string of the molecule is C=Cc1ccc(C)cc1.C=Cc1ccc(O)cc1.C=Cc1ccc(OC(=O)CCC(C)=O)cc1.CC(=O)CCC(=O)O.CC(=O)Oc1cc(C)cc(/C=C/c2ccc(C)cc2)c1.CC(=O)Oc1cc(C)cc(C(=O)Cl)c1.CC(=O)Oc1cc(O)cc(/C=C/c2ccc(O)cc2)c1.CC(C)c1cccc(C(C)C)c1N1C=[N+](c2c(C(C)C)cccc2C(C)C)CC1.[Cl-]. The first-order chi connectivity index (χ1) is 59.1. The monoisotopic (exact) mass is 1750 g/mol. The molecule has 10 aromatic carbocycles. The van der Waals surface area contributed by atoms with Gasteiger partial charge in [-0.25, -0.2) is 9.48 Å². The average molecular weight is 1750 g/mol. The van der Waals surface area contributed by atoms with Gasteiger partial charge in [-0.3, -0.25) is 28.8 Å². The van der Waals surface area contributed by atoms with Gasteiger partial charge >= 0.3 is 29.8 Å². The van der Waals surface area contributed by atoms with E-state index in [1.807, 2.05) is 55.5 Å². The lowest BCUT2D eigenvalue weighted by Gasteiger charge is -2.20. The third-order valence-electron chi connectivity index (χ3n) is 18.2. The maximum Gasteiger partial charge on any atom is 0.311 e. The number of benzene rings is 10. The van der Waals surface area contributed by atoms with E-state index in [1.165, 1.54) is 97.1 Å². The predicted octanol–water partition coefficient (Wildman–Crippen LogP) is 22.0. The summed E-state index contributed by atoms with van der Waals surface area (Å²) in [6.45, 7) is 46.1. The quantitative estimate of drug-likeness (QED) is 0.0144. The topological polar surface area (TPSA) is 261 Å². The molecule has 4 N–H and O–H groups in total. The zero-order valence-corrected chi connectivity index (χ0v) is 76.8. The van der Waals surface area contributed by atoms with E-state index in [1.54, 1.807) is 110 Å². The molecule has 1 aliphatic rings. The van der Waals surface area contributed by atoms with Crippen LogP contribution in [-0.4, -0.2) is 91.1 Å². The van der Waals surface area contributed by atoms with Crippen molar-refractivity contribution in [2.24, 2.45) is 0 Å². The zero-order chi connectivity index (χ0) is 93.0. The van der Waals surface area contributed by atoms with Crippen molar-refractivity contribution in [1.82, 2.24) is 0 Å². The van der Waals surface area contributed by atoms with E-state index in [0.717, 1.165) is 52.0 Å². The Hall–Kier alpha value is -13.3. The Bertz CT molecular complexity index is 5120. The number of ether oxygens (including phenoxy) is 4. The molecule has 0 saturated heterocycles. The molecule has 1 heterocycles. The molecule has 11 rings (SSSR count). The largest absolute Gasteiger partial charge is 1.00 e. The van der Waals surface area contributed by atoms with Crippen LogP contribution in [-0.2, 0) is 33.6 Å². The number of para-hydroxylation sites is 2. The van der Waals surface area contributed by atoms with Gasteiger partial charge in [-0.15, -0.1) is 0 Å². The summed E-state index contributed by atoms with van der Waals surface area (Å²) in [7, 11) is 0. The molecule has 0 fully saturated rings. The molecule has 0 aliphatic carbocycles. The van der Waals surface area contributed by atoms with Gasteiger partial charge in [0.2, 0.25) is 6.34 Å². The van der Waals surface area contributed by atoms with Crippen molar-refractivity contribution in [3.05, 3.63) is 321 Å². The van der Waals surface area contributed by atoms with Crippen molar-refractivity contribution in [2.45, 2.75) is 167 Å². The van der Waals surface area contributed by atoms with Crippen LogP contribution < -0.4 is 36.3 Å². The Labute approximate surface area is 755 Å². The number of phenols is 3. The van der Waals surface area contributed by atoms with E-state index in [0.29, 0.717) is 63.5 Å². The highest BCUT2D eigenvalue weighted by Gasteiger charge is 2.31. The number of aryl methyl sites for hydroxylation is 4. The van der Waals surface area contributed by atoms with Gasteiger partial charge in [-0.2, -0.15) is 0 Å². The number of rotatable bonds is 24. The van der Waals surface area contributed by atoms with E-state index >= 15 is 0 Å². The fraction of sp³-hybridized carbons (Fsp3) is 0.255. The molecule has 0 radical (unpaired) electrons. The Morgan fingerprint density at radius 1 is 0.397 bits per heavy atom. The smallest absolute Gasteiger partial charge is 0.311 e. The molecule has 0 aromatic heterocycles. The summed E-state index contributed by atoms with van der Waals surface area (Å²) >= 11 is 5.30. The van der Waals surface area contributed by atoms with Crippen molar-refractivity contribution in [3.63, 3.8) is 0 Å². The van der Waals surface area contributed by atoms with Crippen LogP contribution in [0.3, 0.4) is 0 Å². The highest BCUT2D eigenvalue weighted by molar-refractivity contribution is 6.67. The molecule has 0 amide bonds. The summed E-state index contributed by atoms with van der Waals surface area (Å²) in [6, 6.07) is 66.0. The number of hydrogen-bond donors (Lipinski definition) is 4. The van der Waals surface area contributed by atoms with Gasteiger partial charge in [-0.05, 0) is 206 Å². The molecule has 1 aliphatic heterocycles. The number of nitrogens with zero attached hydrogens (tertiary/aromatic N) is 2. The second-order valence-corrected chi connectivity index (χ2v) is 31.1. The number of esters is 4. The van der Waals surface area contributed by atoms with Crippen molar-refractivity contribution in [1.29, 1.82) is 0 Å². The van der Waals surface area contributed by atoms with Crippen LogP contribution >= 0.6 is 11.6 Å². The van der Waals surface area contributed by atoms with Gasteiger partial charge in [0.1, 0.15) is 76.3 Å². The fourth-order valence-corrected chi connectivity index (χ4v) is 12.1. The van der Waals surface area contributed by atoms with Crippen molar-refractivity contribution < 1.29 is 94.7 Å². The first-order valence-electron chi connectivity index (χ1n) is 41.1. The summed E-state index contributed by atoms with van der Waals surface area (Å²) in [5, 5.41) is 35.0. The minimum Gasteiger partial charge on any atom is -1.00 e. The number of halogens is 2. The number of aromatic hydroxyl groups is 3. The standard InChI is InChI=1S/C27H39N2.C18H18O2.C16H14O4.C13H14O3.C10H9ClO3.C9H10.C8H8O.C5H8O3.ClH/c1-18(2)22-11-9-12-23(19(3)4)26(22)28-15-16-29(17-28)27-24(20(5)6)13-10-14-25(27)21(7)8;1-13-4-6-16(7-5-13)8-9-17-10-14(2)11-18(12-17)20-15(3)19;1-11(17)20-16-9-13(8-15(19)10-16)3-2-12-4-6-14(18)7-5-12;1-3-11-5-7-12(8-6-11)16-13(15)9-4-10(2)14;1-6-3-8(10(11)13)5-9(4-6)14-7(2)12;1-3-9-6-4-8(2)5-7-9;1-2-7-3-5-8(9)6-4-7;1-4(6)2-3-5(7)8;/h9-14,17-21H,15-16H2,1-8H3;4-12H,1-3H3;2-10,18-19H,1H3;3,5-8H,1,4,9H2,2H3;3-5H,1-2H3;3-7H,1H2,2H3;2-6,9H,1H2;2-3H2,1H3,(H,7,8);1H/q+1;;;;;;;;/p-1/b;9-8+;3-2+;;;;;;. The summed E-state index contributed by atoms with van der Waals surface area (Å²) < 4.78 is 22.4. The molecule has 18 nitrogen and oxygen atoms in total. The van der Waals surface area contributed by atoms with Gasteiger partial charge in [0.25, 0.3) is 5.24 Å². The van der Waals surface area contributed by atoms with Crippen LogP contribution in [0.2, 0.25) is 0 Å². The molecule has 126 heavy (non-hydrogen) atoms. The van der Waals surface area contributed by atoms with Crippen LogP contribution in [0.25, 0.3) is 42.5 Å². The molecular formula is C106H120Cl2N2O16. The van der Waals surface area contributed by atoms with Gasteiger partial charge in [0, 0.05) is 67.5 Å². The minimum absolute atomic E-state index is 0. The number of carbonyl (C=O) groups is 8. The Kier molecular flexibility index (Phi) is 47.3. The number of phenolic OH excluding ortho intramolecular Hbond substituents is 3. The van der Waals surface area contributed by atoms with E-state index in [2.05, 4.69) is 196 Å². The van der Waals surface area contributed by atoms with Gasteiger partial charge in [0.15, 0.2) is 0 Å². The normalized spacial score (nSPS) is 10.9. The fourth-order valence-electron chi connectivity index (χ4n) is 12.0. The summed E-state index contributed by atoms with van der Waals surface area (Å²) in [6.07, 6.45) is 15.8. The lowest BCUT2D eigenvalue weighted by atomic mass is 9.92. The Morgan fingerprint density at radius 2 is 0.754 bits per heavy atom. The second kappa shape index (κ2) is 55.8. The van der Waals surface area contributed by atoms with Gasteiger partial charge in [0.05, 0.1) is 12.8 Å². The number of ketones is 2. The van der Waals surface area contributed by atoms with E-state index in [-0.39, 0.29) is 73.1 Å². The molecule has 0 spiro atoms. The molecule has 10 aromatic rings. The molecule has 20 heteroatoms. The van der Waals surface area contributed by atoms with Crippen molar-refractivity contribution >= 4 is 119 Å². The Balaban J connectivity index is 0.000000384. The summed E-state index contributed by atoms with van der Waals surface area (Å²) in [4.78, 5) is 87.7. The number of Topliss-reactive ketones (excluding diaryl/α,β-unsaturated/α-hetero) is 2. The number of carboxylic acids is 1. The van der Waals surface area contributed by atoms with E-state index < -0.39 is 23.2 Å².